The molecule has 24 heavy (non-hydrogen) atoms. The summed E-state index contributed by atoms with van der Waals surface area (Å²) in [7, 11) is 0. The molecule has 6 heteroatoms. The molecule has 1 aliphatic heterocycles. The molecule has 1 saturated heterocycles. The van der Waals surface area contributed by atoms with Gasteiger partial charge in [-0.1, -0.05) is 30.3 Å². The van der Waals surface area contributed by atoms with E-state index in [0.717, 1.165) is 18.4 Å². The molecule has 2 aromatic rings. The number of nitrogens with zero attached hydrogens (tertiary/aromatic N) is 3. The van der Waals surface area contributed by atoms with Crippen molar-refractivity contribution >= 4 is 11.8 Å². The summed E-state index contributed by atoms with van der Waals surface area (Å²) in [6.07, 6.45) is 5.32. The molecular formula is C18H22N4O2. The normalized spacial score (nSPS) is 17.0. The average Bonchev–Trinajstić information content (AvgIpc) is 3.23. The predicted molar refractivity (Wildman–Crippen MR) is 90.0 cm³/mol. The zero-order chi connectivity index (χ0) is 16.9. The molecule has 1 atom stereocenters. The summed E-state index contributed by atoms with van der Waals surface area (Å²) in [5.41, 5.74) is 2.13. The van der Waals surface area contributed by atoms with Crippen molar-refractivity contribution in [3.8, 4) is 0 Å². The van der Waals surface area contributed by atoms with Crippen LogP contribution in [0.15, 0.2) is 42.7 Å². The van der Waals surface area contributed by atoms with Crippen LogP contribution in [-0.2, 0) is 22.7 Å². The van der Waals surface area contributed by atoms with Gasteiger partial charge in [0, 0.05) is 31.8 Å². The van der Waals surface area contributed by atoms with Gasteiger partial charge in [0.1, 0.15) is 6.04 Å². The van der Waals surface area contributed by atoms with Crippen molar-refractivity contribution in [1.29, 1.82) is 0 Å². The van der Waals surface area contributed by atoms with E-state index in [9.17, 15) is 9.59 Å². The van der Waals surface area contributed by atoms with Crippen molar-refractivity contribution in [2.45, 2.75) is 38.9 Å². The van der Waals surface area contributed by atoms with Gasteiger partial charge in [-0.05, 0) is 18.4 Å². The number of carbonyl (C=O) groups excluding carboxylic acids is 2. The van der Waals surface area contributed by atoms with Gasteiger partial charge in [-0.3, -0.25) is 14.3 Å². The first-order valence-electron chi connectivity index (χ1n) is 8.23. The number of carbonyl (C=O) groups is 2. The first kappa shape index (κ1) is 16.2. The molecule has 0 spiro atoms. The van der Waals surface area contributed by atoms with Gasteiger partial charge in [0.2, 0.25) is 11.8 Å². The Morgan fingerprint density at radius 2 is 2.04 bits per heavy atom. The van der Waals surface area contributed by atoms with Gasteiger partial charge in [0.25, 0.3) is 0 Å². The summed E-state index contributed by atoms with van der Waals surface area (Å²) in [5.74, 6) is -0.123. The van der Waals surface area contributed by atoms with E-state index in [-0.39, 0.29) is 17.9 Å². The van der Waals surface area contributed by atoms with Gasteiger partial charge in [0.05, 0.1) is 12.7 Å². The number of hydrogen-bond donors (Lipinski definition) is 1. The van der Waals surface area contributed by atoms with Crippen LogP contribution in [0.1, 0.15) is 30.9 Å². The molecular weight excluding hydrogens is 304 g/mol. The third-order valence-electron chi connectivity index (χ3n) is 4.30. The summed E-state index contributed by atoms with van der Waals surface area (Å²) >= 11 is 0. The Bertz CT molecular complexity index is 711. The Kier molecular flexibility index (Phi) is 4.93. The van der Waals surface area contributed by atoms with E-state index in [0.29, 0.717) is 19.6 Å². The molecule has 1 N–H and O–H groups in total. The molecule has 1 aromatic carbocycles. The second-order valence-electron chi connectivity index (χ2n) is 6.12. The molecule has 0 radical (unpaired) electrons. The van der Waals surface area contributed by atoms with Gasteiger partial charge in [-0.2, -0.15) is 5.10 Å². The molecule has 1 aliphatic rings. The highest BCUT2D eigenvalue weighted by atomic mass is 16.2. The molecule has 0 aliphatic carbocycles. The smallest absolute Gasteiger partial charge is 0.243 e. The van der Waals surface area contributed by atoms with E-state index in [2.05, 4.69) is 22.5 Å². The van der Waals surface area contributed by atoms with Gasteiger partial charge >= 0.3 is 0 Å². The minimum absolute atomic E-state index is 0.0386. The maximum absolute atomic E-state index is 12.3. The van der Waals surface area contributed by atoms with E-state index in [1.165, 1.54) is 12.5 Å². The van der Waals surface area contributed by atoms with Crippen LogP contribution < -0.4 is 5.32 Å². The molecule has 2 heterocycles. The van der Waals surface area contributed by atoms with Crippen molar-refractivity contribution < 1.29 is 9.59 Å². The van der Waals surface area contributed by atoms with Crippen LogP contribution in [0.25, 0.3) is 0 Å². The third kappa shape index (κ3) is 3.82. The van der Waals surface area contributed by atoms with Crippen molar-refractivity contribution in [1.82, 2.24) is 20.0 Å². The van der Waals surface area contributed by atoms with Crippen LogP contribution in [0, 0.1) is 0 Å². The van der Waals surface area contributed by atoms with Crippen LogP contribution in [0.2, 0.25) is 0 Å². The van der Waals surface area contributed by atoms with Crippen molar-refractivity contribution in [2.24, 2.45) is 0 Å². The molecule has 1 unspecified atom stereocenters. The number of amides is 2. The summed E-state index contributed by atoms with van der Waals surface area (Å²) in [6, 6.07) is 9.77. The SMILES string of the molecule is CC(=O)N1CCCC1C(=O)NCc1cnn(Cc2ccccc2)c1. The van der Waals surface area contributed by atoms with E-state index in [1.807, 2.05) is 29.1 Å². The molecule has 0 saturated carbocycles. The fraction of sp³-hybridized carbons (Fsp3) is 0.389. The van der Waals surface area contributed by atoms with Crippen LogP contribution >= 0.6 is 0 Å². The maximum atomic E-state index is 12.3. The van der Waals surface area contributed by atoms with Crippen LogP contribution in [0.3, 0.4) is 0 Å². The first-order valence-corrected chi connectivity index (χ1v) is 8.23. The standard InChI is InChI=1S/C18H22N4O2/c1-14(23)22-9-5-8-17(22)18(24)19-10-16-11-20-21(13-16)12-15-6-3-2-4-7-15/h2-4,6-7,11,13,17H,5,8-10,12H2,1H3,(H,19,24). The number of aromatic nitrogens is 2. The van der Waals surface area contributed by atoms with Gasteiger partial charge in [-0.15, -0.1) is 0 Å². The fourth-order valence-corrected chi connectivity index (χ4v) is 3.08. The number of hydrogen-bond acceptors (Lipinski definition) is 3. The van der Waals surface area contributed by atoms with Gasteiger partial charge in [-0.25, -0.2) is 0 Å². The Morgan fingerprint density at radius 1 is 1.25 bits per heavy atom. The first-order chi connectivity index (χ1) is 11.6. The molecule has 1 fully saturated rings. The average molecular weight is 326 g/mol. The zero-order valence-corrected chi connectivity index (χ0v) is 13.8. The van der Waals surface area contributed by atoms with Gasteiger partial charge < -0.3 is 10.2 Å². The highest BCUT2D eigenvalue weighted by Crippen LogP contribution is 2.17. The molecule has 6 nitrogen and oxygen atoms in total. The molecule has 0 bridgehead atoms. The highest BCUT2D eigenvalue weighted by molar-refractivity contribution is 5.87. The summed E-state index contributed by atoms with van der Waals surface area (Å²) < 4.78 is 1.86. The van der Waals surface area contributed by atoms with Crippen LogP contribution in [0.5, 0.6) is 0 Å². The summed E-state index contributed by atoms with van der Waals surface area (Å²) in [4.78, 5) is 25.5. The number of nitrogens with one attached hydrogen (secondary N) is 1. The Hall–Kier alpha value is -2.63. The second-order valence-corrected chi connectivity index (χ2v) is 6.12. The lowest BCUT2D eigenvalue weighted by Gasteiger charge is -2.22. The maximum Gasteiger partial charge on any atom is 0.243 e. The zero-order valence-electron chi connectivity index (χ0n) is 13.8. The predicted octanol–water partition coefficient (Wildman–Crippen LogP) is 1.56. The number of benzene rings is 1. The lowest BCUT2D eigenvalue weighted by atomic mass is 10.2. The van der Waals surface area contributed by atoms with Crippen molar-refractivity contribution in [2.75, 3.05) is 6.54 Å². The topological polar surface area (TPSA) is 67.2 Å². The largest absolute Gasteiger partial charge is 0.350 e. The third-order valence-corrected chi connectivity index (χ3v) is 4.30. The Labute approximate surface area is 141 Å². The number of rotatable bonds is 5. The molecule has 3 rings (SSSR count). The van der Waals surface area contributed by atoms with E-state index < -0.39 is 0 Å². The molecule has 1 aromatic heterocycles. The van der Waals surface area contributed by atoms with Crippen molar-refractivity contribution in [3.05, 3.63) is 53.9 Å². The van der Waals surface area contributed by atoms with E-state index >= 15 is 0 Å². The Balaban J connectivity index is 1.54. The highest BCUT2D eigenvalue weighted by Gasteiger charge is 2.31. The monoisotopic (exact) mass is 326 g/mol. The minimum atomic E-state index is -0.332. The van der Waals surface area contributed by atoms with Crippen LogP contribution in [-0.4, -0.2) is 39.1 Å². The van der Waals surface area contributed by atoms with E-state index in [1.54, 1.807) is 11.1 Å². The summed E-state index contributed by atoms with van der Waals surface area (Å²) in [5, 5.41) is 7.25. The molecule has 126 valence electrons. The van der Waals surface area contributed by atoms with Crippen molar-refractivity contribution in [3.63, 3.8) is 0 Å². The fourth-order valence-electron chi connectivity index (χ4n) is 3.08. The second kappa shape index (κ2) is 7.29. The minimum Gasteiger partial charge on any atom is -0.350 e. The molecule has 2 amide bonds. The summed E-state index contributed by atoms with van der Waals surface area (Å²) in [6.45, 7) is 3.31. The van der Waals surface area contributed by atoms with E-state index in [4.69, 9.17) is 0 Å². The van der Waals surface area contributed by atoms with Crippen LogP contribution in [0.4, 0.5) is 0 Å². The lowest BCUT2D eigenvalue weighted by molar-refractivity contribution is -0.136. The Morgan fingerprint density at radius 3 is 2.79 bits per heavy atom. The quantitative estimate of drug-likeness (QED) is 0.907. The number of likely N-dealkylation sites (tertiary alicyclic amines) is 1. The van der Waals surface area contributed by atoms with Gasteiger partial charge in [0.15, 0.2) is 0 Å². The lowest BCUT2D eigenvalue weighted by Crippen LogP contribution is -2.44.